The first-order valence-corrected chi connectivity index (χ1v) is 22.7. The molecule has 4 aliphatic heterocycles. The van der Waals surface area contributed by atoms with Crippen LogP contribution in [0, 0.1) is 5.92 Å². The Hall–Kier alpha value is -5.98. The highest BCUT2D eigenvalue weighted by molar-refractivity contribution is 8.05. The summed E-state index contributed by atoms with van der Waals surface area (Å²) in [6.07, 6.45) is 7.88. The summed E-state index contributed by atoms with van der Waals surface area (Å²) in [5.41, 5.74) is 19.4. The summed E-state index contributed by atoms with van der Waals surface area (Å²) in [7, 11) is -11.4. The normalized spacial score (nSPS) is 24.6. The molecule has 0 spiro atoms. The molecule has 22 heteroatoms. The number of anilines is 2. The van der Waals surface area contributed by atoms with Crippen LogP contribution in [0.4, 0.5) is 11.4 Å². The lowest BCUT2D eigenvalue weighted by Crippen LogP contribution is -2.61. The maximum atomic E-state index is 14.0. The van der Waals surface area contributed by atoms with E-state index in [1.807, 2.05) is 70.5 Å². The van der Waals surface area contributed by atoms with Crippen molar-refractivity contribution in [3.63, 3.8) is 0 Å². The van der Waals surface area contributed by atoms with Crippen molar-refractivity contribution in [1.82, 2.24) is 42.0 Å². The van der Waals surface area contributed by atoms with Gasteiger partial charge in [-0.1, -0.05) is 85.0 Å². The molecule has 0 radical (unpaired) electrons. The standard InChI is InChI=1S/C40H48N12O8S2/c53-61(54,55)40(62(56,57)58)30-39(19-18-32(40)17-16-31-10-4-1-5-11-31,43-37-35(49-20-24-59-25-21-49)28-41-47-51(37)45-33-12-6-2-7-13-33)44-38-36(50-22-26-60-27-23-50)29-42-48-52(38)46-34-14-8-3-9-15-34/h1-19,28-29,32,41-42,45-48H,20-27,30H2,(H,53,54,55)(H,56,57,58). The van der Waals surface area contributed by atoms with Gasteiger partial charge in [-0.05, 0) is 35.9 Å². The highest BCUT2D eigenvalue weighted by Crippen LogP contribution is 2.48. The highest BCUT2D eigenvalue weighted by Gasteiger charge is 2.64. The lowest BCUT2D eigenvalue weighted by atomic mass is 9.86. The Labute approximate surface area is 359 Å². The van der Waals surface area contributed by atoms with E-state index in [-0.39, 0.29) is 11.7 Å². The van der Waals surface area contributed by atoms with Gasteiger partial charge in [0, 0.05) is 50.9 Å². The predicted molar refractivity (Wildman–Crippen MR) is 233 cm³/mol. The Balaban J connectivity index is 1.39. The summed E-state index contributed by atoms with van der Waals surface area (Å²) >= 11 is 0. The predicted octanol–water partition coefficient (Wildman–Crippen LogP) is 2.29. The first-order valence-electron chi connectivity index (χ1n) is 19.8. The zero-order valence-electron chi connectivity index (χ0n) is 33.4. The number of morpholine rings is 2. The van der Waals surface area contributed by atoms with Gasteiger partial charge in [0.25, 0.3) is 20.2 Å². The topological polar surface area (TPSA) is 237 Å². The van der Waals surface area contributed by atoms with Gasteiger partial charge in [0.2, 0.25) is 4.08 Å². The van der Waals surface area contributed by atoms with E-state index in [0.29, 0.717) is 80.9 Å². The van der Waals surface area contributed by atoms with E-state index in [4.69, 9.17) is 19.5 Å². The van der Waals surface area contributed by atoms with Crippen molar-refractivity contribution in [1.29, 1.82) is 0 Å². The molecule has 4 heterocycles. The molecule has 1 atom stereocenters. The molecule has 8 N–H and O–H groups in total. The van der Waals surface area contributed by atoms with E-state index < -0.39 is 42.3 Å². The molecular weight excluding hydrogens is 841 g/mol. The van der Waals surface area contributed by atoms with Crippen LogP contribution < -0.4 is 32.8 Å². The molecule has 0 saturated carbocycles. The number of nitrogens with zero attached hydrogens (tertiary/aromatic N) is 6. The van der Waals surface area contributed by atoms with E-state index in [0.717, 1.165) is 0 Å². The first kappa shape index (κ1) is 42.7. The van der Waals surface area contributed by atoms with Crippen LogP contribution in [0.15, 0.2) is 143 Å². The van der Waals surface area contributed by atoms with Gasteiger partial charge in [0.15, 0.2) is 17.3 Å². The van der Waals surface area contributed by atoms with Gasteiger partial charge in [-0.2, -0.15) is 27.1 Å². The molecule has 8 rings (SSSR count). The van der Waals surface area contributed by atoms with Gasteiger partial charge >= 0.3 is 0 Å². The van der Waals surface area contributed by atoms with Crippen LogP contribution in [0.5, 0.6) is 0 Å². The molecule has 0 aromatic heterocycles. The van der Waals surface area contributed by atoms with Gasteiger partial charge in [-0.25, -0.2) is 9.98 Å². The molecule has 2 fully saturated rings. The number of ether oxygens (including phenoxy) is 2. The van der Waals surface area contributed by atoms with Crippen LogP contribution in [0.1, 0.15) is 12.0 Å². The number of aliphatic imine (C=N–C) groups is 2. The fraction of sp³-hybridized carbons (Fsp3) is 0.300. The zero-order valence-corrected chi connectivity index (χ0v) is 35.0. The molecule has 62 heavy (non-hydrogen) atoms. The van der Waals surface area contributed by atoms with Crippen molar-refractivity contribution in [3.05, 3.63) is 139 Å². The molecule has 0 bridgehead atoms. The summed E-state index contributed by atoms with van der Waals surface area (Å²) in [4.78, 5) is 14.5. The van der Waals surface area contributed by atoms with E-state index in [1.54, 1.807) is 42.7 Å². The molecule has 1 unspecified atom stereocenters. The SMILES string of the molecule is O=S(=O)(O)C1(S(=O)(=O)O)CC(N=C2C(N3CCOCC3)=CNNN2Nc2ccccc2)(N=C2C(N3CCOCC3)=CNNN2Nc2ccccc2)C=CC1C=Cc1ccccc1. The van der Waals surface area contributed by atoms with Gasteiger partial charge in [-0.15, -0.1) is 11.1 Å². The number of hydrazine groups is 6. The Kier molecular flexibility index (Phi) is 12.5. The number of nitrogens with one attached hydrogen (secondary N) is 6. The third kappa shape index (κ3) is 9.12. The lowest BCUT2D eigenvalue weighted by molar-refractivity contribution is 0.0542. The molecule has 0 amide bonds. The average molecular weight is 889 g/mol. The molecule has 3 aromatic carbocycles. The van der Waals surface area contributed by atoms with Crippen molar-refractivity contribution < 1.29 is 35.4 Å². The number of para-hydroxylation sites is 2. The molecular formula is C40H48N12O8S2. The Morgan fingerprint density at radius 1 is 0.661 bits per heavy atom. The van der Waals surface area contributed by atoms with Crippen LogP contribution in [-0.4, -0.2) is 120 Å². The van der Waals surface area contributed by atoms with Gasteiger partial charge in [-0.3, -0.25) is 20.0 Å². The number of rotatable bonds is 12. The lowest BCUT2D eigenvalue weighted by Gasteiger charge is -2.44. The van der Waals surface area contributed by atoms with Crippen LogP contribution in [-0.2, 0) is 29.7 Å². The maximum absolute atomic E-state index is 14.0. The van der Waals surface area contributed by atoms with Crippen LogP contribution >= 0.6 is 0 Å². The molecule has 3 aromatic rings. The smallest absolute Gasteiger partial charge is 0.288 e. The third-order valence-corrected chi connectivity index (χ3v) is 14.6. The molecule has 2 saturated heterocycles. The Morgan fingerprint density at radius 2 is 1.10 bits per heavy atom. The molecule has 5 aliphatic rings. The van der Waals surface area contributed by atoms with E-state index in [1.165, 1.54) is 34.5 Å². The van der Waals surface area contributed by atoms with E-state index >= 15 is 0 Å². The minimum atomic E-state index is -5.72. The number of benzene rings is 3. The van der Waals surface area contributed by atoms with Gasteiger partial charge in [0.05, 0.1) is 37.8 Å². The Morgan fingerprint density at radius 3 is 1.53 bits per heavy atom. The second-order valence-corrected chi connectivity index (χ2v) is 18.4. The summed E-state index contributed by atoms with van der Waals surface area (Å²) in [5, 5.41) is 2.92. The van der Waals surface area contributed by atoms with E-state index in [2.05, 4.69) is 32.8 Å². The van der Waals surface area contributed by atoms with Crippen molar-refractivity contribution in [3.8, 4) is 0 Å². The van der Waals surface area contributed by atoms with Crippen LogP contribution in [0.3, 0.4) is 0 Å². The third-order valence-electron chi connectivity index (χ3n) is 10.7. The molecule has 1 aliphatic carbocycles. The van der Waals surface area contributed by atoms with Crippen molar-refractivity contribution in [2.24, 2.45) is 15.9 Å². The summed E-state index contributed by atoms with van der Waals surface area (Å²) < 4.78 is 86.4. The average Bonchev–Trinajstić information content (AvgIpc) is 3.28. The van der Waals surface area contributed by atoms with Gasteiger partial charge in [0.1, 0.15) is 11.4 Å². The summed E-state index contributed by atoms with van der Waals surface area (Å²) in [5.74, 6) is -1.34. The quantitative estimate of drug-likeness (QED) is 0.0962. The number of hydrogen-bond donors (Lipinski definition) is 8. The number of allylic oxidation sites excluding steroid dienone is 2. The van der Waals surface area contributed by atoms with Crippen molar-refractivity contribution in [2.75, 3.05) is 63.5 Å². The summed E-state index contributed by atoms with van der Waals surface area (Å²) in [6.45, 7) is 3.38. The molecule has 328 valence electrons. The molecule has 20 nitrogen and oxygen atoms in total. The van der Waals surface area contributed by atoms with Crippen LogP contribution in [0.25, 0.3) is 6.08 Å². The minimum Gasteiger partial charge on any atom is -0.378 e. The van der Waals surface area contributed by atoms with E-state index in [9.17, 15) is 25.9 Å². The van der Waals surface area contributed by atoms with Crippen molar-refractivity contribution in [2.45, 2.75) is 16.2 Å². The second-order valence-electron chi connectivity index (χ2n) is 14.7. The highest BCUT2D eigenvalue weighted by atomic mass is 32.3. The van der Waals surface area contributed by atoms with Crippen LogP contribution in [0.2, 0.25) is 0 Å². The first-order chi connectivity index (χ1) is 29.9. The summed E-state index contributed by atoms with van der Waals surface area (Å²) in [6, 6.07) is 27.1. The second kappa shape index (κ2) is 18.2. The fourth-order valence-electron chi connectivity index (χ4n) is 7.67. The number of amidine groups is 2. The van der Waals surface area contributed by atoms with Crippen molar-refractivity contribution >= 4 is 49.4 Å². The Bertz CT molecular complexity index is 2330. The largest absolute Gasteiger partial charge is 0.378 e. The zero-order chi connectivity index (χ0) is 43.2. The van der Waals surface area contributed by atoms with Gasteiger partial charge < -0.3 is 30.1 Å². The number of hydrogen-bond acceptors (Lipinski definition) is 16. The maximum Gasteiger partial charge on any atom is 0.288 e. The fourth-order valence-corrected chi connectivity index (χ4v) is 10.5. The minimum absolute atomic E-state index is 0.141. The monoisotopic (exact) mass is 888 g/mol.